The number of hydrogen-bond donors (Lipinski definition) is 0. The lowest BCUT2D eigenvalue weighted by Gasteiger charge is -2.36. The summed E-state index contributed by atoms with van der Waals surface area (Å²) in [6, 6.07) is 0.301. The first-order valence-corrected chi connectivity index (χ1v) is 4.14. The molecule has 0 aliphatic rings. The van der Waals surface area contributed by atoms with Gasteiger partial charge in [0.05, 0.1) is 0 Å². The standard InChI is InChI=1S/C9H18N2/c1-6-9(4,5)11(7-10)8(2)3/h8H,6H2,1-5H3. The third-order valence-corrected chi connectivity index (χ3v) is 2.14. The Kier molecular flexibility index (Phi) is 3.38. The summed E-state index contributed by atoms with van der Waals surface area (Å²) in [4.78, 5) is 1.84. The third kappa shape index (κ3) is 2.42. The van der Waals surface area contributed by atoms with Crippen molar-refractivity contribution >= 4 is 0 Å². The lowest BCUT2D eigenvalue weighted by atomic mass is 9.98. The molecule has 0 spiro atoms. The maximum atomic E-state index is 8.84. The van der Waals surface area contributed by atoms with Crippen molar-refractivity contribution in [2.75, 3.05) is 0 Å². The van der Waals surface area contributed by atoms with Crippen LogP contribution < -0.4 is 0 Å². The quantitative estimate of drug-likeness (QED) is 0.461. The zero-order valence-electron chi connectivity index (χ0n) is 8.18. The lowest BCUT2D eigenvalue weighted by molar-refractivity contribution is 0.153. The van der Waals surface area contributed by atoms with Gasteiger partial charge in [-0.1, -0.05) is 6.92 Å². The Hall–Kier alpha value is -0.710. The lowest BCUT2D eigenvalue weighted by Crippen LogP contribution is -2.44. The van der Waals surface area contributed by atoms with Crippen LogP contribution in [0.3, 0.4) is 0 Å². The molecule has 2 nitrogen and oxygen atoms in total. The maximum absolute atomic E-state index is 8.84. The van der Waals surface area contributed by atoms with Gasteiger partial charge in [-0.2, -0.15) is 5.26 Å². The van der Waals surface area contributed by atoms with E-state index < -0.39 is 0 Å². The Bertz CT molecular complexity index is 153. The molecule has 0 amide bonds. The van der Waals surface area contributed by atoms with Crippen LogP contribution in [0.1, 0.15) is 41.0 Å². The Labute approximate surface area is 69.8 Å². The van der Waals surface area contributed by atoms with Crippen LogP contribution in [0.5, 0.6) is 0 Å². The molecule has 2 heteroatoms. The van der Waals surface area contributed by atoms with Gasteiger partial charge in [-0.25, -0.2) is 0 Å². The molecular formula is C9H18N2. The highest BCUT2D eigenvalue weighted by atomic mass is 15.2. The highest BCUT2D eigenvalue weighted by Crippen LogP contribution is 2.19. The topological polar surface area (TPSA) is 27.0 Å². The summed E-state index contributed by atoms with van der Waals surface area (Å²) in [5, 5.41) is 8.84. The van der Waals surface area contributed by atoms with Crippen molar-refractivity contribution in [2.24, 2.45) is 0 Å². The van der Waals surface area contributed by atoms with E-state index >= 15 is 0 Å². The molecule has 0 atom stereocenters. The summed E-state index contributed by atoms with van der Waals surface area (Å²) < 4.78 is 0. The molecule has 0 radical (unpaired) electrons. The van der Waals surface area contributed by atoms with Gasteiger partial charge < -0.3 is 4.90 Å². The molecule has 0 saturated heterocycles. The van der Waals surface area contributed by atoms with Gasteiger partial charge >= 0.3 is 0 Å². The first kappa shape index (κ1) is 10.3. The van der Waals surface area contributed by atoms with Crippen LogP contribution in [0.4, 0.5) is 0 Å². The van der Waals surface area contributed by atoms with Gasteiger partial charge in [0.25, 0.3) is 0 Å². The van der Waals surface area contributed by atoms with Crippen LogP contribution in [-0.2, 0) is 0 Å². The molecule has 0 aromatic carbocycles. The summed E-state index contributed by atoms with van der Waals surface area (Å²) in [6.45, 7) is 10.4. The molecule has 11 heavy (non-hydrogen) atoms. The smallest absolute Gasteiger partial charge is 0.180 e. The first-order valence-electron chi connectivity index (χ1n) is 4.14. The molecule has 0 fully saturated rings. The molecule has 0 unspecified atom stereocenters. The minimum atomic E-state index is 0.00289. The Morgan fingerprint density at radius 2 is 1.91 bits per heavy atom. The van der Waals surface area contributed by atoms with Crippen LogP contribution >= 0.6 is 0 Å². The van der Waals surface area contributed by atoms with Crippen LogP contribution in [0, 0.1) is 11.5 Å². The zero-order chi connectivity index (χ0) is 9.07. The predicted molar refractivity (Wildman–Crippen MR) is 47.0 cm³/mol. The summed E-state index contributed by atoms with van der Waals surface area (Å²) in [6.07, 6.45) is 3.22. The average molecular weight is 154 g/mol. The van der Waals surface area contributed by atoms with Crippen LogP contribution in [0.25, 0.3) is 0 Å². The van der Waals surface area contributed by atoms with E-state index in [9.17, 15) is 0 Å². The van der Waals surface area contributed by atoms with Gasteiger partial charge in [0.2, 0.25) is 0 Å². The molecule has 0 aliphatic carbocycles. The van der Waals surface area contributed by atoms with E-state index in [0.29, 0.717) is 6.04 Å². The molecular weight excluding hydrogens is 136 g/mol. The number of nitriles is 1. The maximum Gasteiger partial charge on any atom is 0.180 e. The summed E-state index contributed by atoms with van der Waals surface area (Å²) in [5.74, 6) is 0. The van der Waals surface area contributed by atoms with Crippen molar-refractivity contribution in [3.05, 3.63) is 0 Å². The summed E-state index contributed by atoms with van der Waals surface area (Å²) in [5.41, 5.74) is 0.00289. The summed E-state index contributed by atoms with van der Waals surface area (Å²) >= 11 is 0. The van der Waals surface area contributed by atoms with Crippen molar-refractivity contribution in [3.8, 4) is 6.19 Å². The highest BCUT2D eigenvalue weighted by Gasteiger charge is 2.25. The van der Waals surface area contributed by atoms with Crippen molar-refractivity contribution in [2.45, 2.75) is 52.6 Å². The second kappa shape index (κ2) is 3.61. The first-order chi connectivity index (χ1) is 4.95. The largest absolute Gasteiger partial charge is 0.303 e. The van der Waals surface area contributed by atoms with Crippen LogP contribution in [0.2, 0.25) is 0 Å². The fourth-order valence-corrected chi connectivity index (χ4v) is 1.12. The second-order valence-electron chi connectivity index (χ2n) is 3.73. The molecule has 64 valence electrons. The fraction of sp³-hybridized carbons (Fsp3) is 0.889. The SMILES string of the molecule is CCC(C)(C)N(C#N)C(C)C. The second-order valence-corrected chi connectivity index (χ2v) is 3.73. The van der Waals surface area contributed by atoms with E-state index in [1.54, 1.807) is 0 Å². The predicted octanol–water partition coefficient (Wildman–Crippen LogP) is 2.37. The van der Waals surface area contributed by atoms with Crippen molar-refractivity contribution in [1.29, 1.82) is 5.26 Å². The molecule has 0 heterocycles. The van der Waals surface area contributed by atoms with E-state index in [0.717, 1.165) is 6.42 Å². The molecule has 0 saturated carbocycles. The van der Waals surface area contributed by atoms with Gasteiger partial charge in [0, 0.05) is 11.6 Å². The zero-order valence-corrected chi connectivity index (χ0v) is 8.18. The summed E-state index contributed by atoms with van der Waals surface area (Å²) in [7, 11) is 0. The monoisotopic (exact) mass is 154 g/mol. The van der Waals surface area contributed by atoms with Gasteiger partial charge in [-0.3, -0.25) is 0 Å². The van der Waals surface area contributed by atoms with Gasteiger partial charge in [0.1, 0.15) is 0 Å². The number of rotatable bonds is 3. The van der Waals surface area contributed by atoms with E-state index in [-0.39, 0.29) is 5.54 Å². The minimum Gasteiger partial charge on any atom is -0.303 e. The van der Waals surface area contributed by atoms with Crippen LogP contribution in [0.15, 0.2) is 0 Å². The van der Waals surface area contributed by atoms with Crippen molar-refractivity contribution in [3.63, 3.8) is 0 Å². The van der Waals surface area contributed by atoms with Crippen LogP contribution in [-0.4, -0.2) is 16.5 Å². The Morgan fingerprint density at radius 1 is 1.45 bits per heavy atom. The Morgan fingerprint density at radius 3 is 2.00 bits per heavy atom. The molecule has 0 aliphatic heterocycles. The molecule has 0 N–H and O–H groups in total. The van der Waals surface area contributed by atoms with Gasteiger partial charge in [-0.05, 0) is 34.1 Å². The molecule has 0 aromatic heterocycles. The fourth-order valence-electron chi connectivity index (χ4n) is 1.12. The average Bonchev–Trinajstić information content (AvgIpc) is 1.88. The van der Waals surface area contributed by atoms with E-state index in [1.165, 1.54) is 0 Å². The van der Waals surface area contributed by atoms with E-state index in [1.807, 2.05) is 18.7 Å². The number of nitrogens with zero attached hydrogens (tertiary/aromatic N) is 2. The van der Waals surface area contributed by atoms with Gasteiger partial charge in [0.15, 0.2) is 6.19 Å². The van der Waals surface area contributed by atoms with Crippen molar-refractivity contribution in [1.82, 2.24) is 4.90 Å². The van der Waals surface area contributed by atoms with Crippen molar-refractivity contribution < 1.29 is 0 Å². The van der Waals surface area contributed by atoms with E-state index in [4.69, 9.17) is 5.26 Å². The third-order valence-electron chi connectivity index (χ3n) is 2.14. The minimum absolute atomic E-state index is 0.00289. The highest BCUT2D eigenvalue weighted by molar-refractivity contribution is 4.90. The van der Waals surface area contributed by atoms with E-state index in [2.05, 4.69) is 27.0 Å². The van der Waals surface area contributed by atoms with Gasteiger partial charge in [-0.15, -0.1) is 0 Å². The molecule has 0 rings (SSSR count). The Balaban J connectivity index is 4.40. The number of hydrogen-bond acceptors (Lipinski definition) is 2. The molecule has 0 aromatic rings. The normalized spacial score (nSPS) is 11.4. The molecule has 0 bridgehead atoms.